The van der Waals surface area contributed by atoms with Crippen LogP contribution in [0.4, 0.5) is 5.69 Å². The molecule has 3 rings (SSSR count). The highest BCUT2D eigenvalue weighted by molar-refractivity contribution is 5.68. The predicted octanol–water partition coefficient (Wildman–Crippen LogP) is 1.18. The van der Waals surface area contributed by atoms with E-state index in [9.17, 15) is 0 Å². The summed E-state index contributed by atoms with van der Waals surface area (Å²) in [7, 11) is 0. The van der Waals surface area contributed by atoms with E-state index in [4.69, 9.17) is 5.26 Å². The Morgan fingerprint density at radius 1 is 1.53 bits per heavy atom. The zero-order chi connectivity index (χ0) is 10.3. The molecule has 2 aromatic rings. The number of hydrogen-bond acceptors (Lipinski definition) is 4. The maximum Gasteiger partial charge on any atom is 0.178 e. The fraction of sp³-hybridized carbons (Fsp3) is 0.300. The Kier molecular flexibility index (Phi) is 1.62. The Labute approximate surface area is 86.4 Å². The lowest BCUT2D eigenvalue weighted by Gasteiger charge is -2.04. The first kappa shape index (κ1) is 8.24. The van der Waals surface area contributed by atoms with Crippen LogP contribution in [0.25, 0.3) is 5.65 Å². The van der Waals surface area contributed by atoms with Gasteiger partial charge in [-0.2, -0.15) is 10.4 Å². The van der Waals surface area contributed by atoms with Crippen molar-refractivity contribution in [2.75, 3.05) is 5.32 Å². The third kappa shape index (κ3) is 1.31. The summed E-state index contributed by atoms with van der Waals surface area (Å²) in [4.78, 5) is 4.19. The smallest absolute Gasteiger partial charge is 0.178 e. The van der Waals surface area contributed by atoms with E-state index in [0.717, 1.165) is 11.3 Å². The van der Waals surface area contributed by atoms with Gasteiger partial charge in [0.2, 0.25) is 0 Å². The first-order valence-electron chi connectivity index (χ1n) is 4.88. The molecule has 15 heavy (non-hydrogen) atoms. The van der Waals surface area contributed by atoms with Crippen LogP contribution in [-0.4, -0.2) is 20.6 Å². The number of anilines is 1. The van der Waals surface area contributed by atoms with Crippen LogP contribution >= 0.6 is 0 Å². The van der Waals surface area contributed by atoms with Gasteiger partial charge >= 0.3 is 0 Å². The highest BCUT2D eigenvalue weighted by atomic mass is 15.3. The maximum absolute atomic E-state index is 8.84. The molecule has 2 heterocycles. The minimum absolute atomic E-state index is 0.462. The van der Waals surface area contributed by atoms with Gasteiger partial charge in [-0.15, -0.1) is 0 Å². The minimum Gasteiger partial charge on any atom is -0.379 e. The van der Waals surface area contributed by atoms with Gasteiger partial charge in [-0.3, -0.25) is 0 Å². The van der Waals surface area contributed by atoms with Crippen LogP contribution in [0.2, 0.25) is 0 Å². The zero-order valence-electron chi connectivity index (χ0n) is 8.01. The minimum atomic E-state index is 0.462. The van der Waals surface area contributed by atoms with Crippen molar-refractivity contribution in [1.82, 2.24) is 14.6 Å². The molecule has 5 heteroatoms. The van der Waals surface area contributed by atoms with Crippen molar-refractivity contribution in [3.8, 4) is 6.07 Å². The highest BCUT2D eigenvalue weighted by Gasteiger charge is 2.22. The largest absolute Gasteiger partial charge is 0.379 e. The maximum atomic E-state index is 8.84. The monoisotopic (exact) mass is 199 g/mol. The summed E-state index contributed by atoms with van der Waals surface area (Å²) in [5.41, 5.74) is 2.14. The predicted molar refractivity (Wildman–Crippen MR) is 54.3 cm³/mol. The first-order chi connectivity index (χ1) is 7.38. The summed E-state index contributed by atoms with van der Waals surface area (Å²) in [6.45, 7) is 0. The summed E-state index contributed by atoms with van der Waals surface area (Å²) in [6.07, 6.45) is 5.64. The second kappa shape index (κ2) is 2.95. The van der Waals surface area contributed by atoms with E-state index in [0.29, 0.717) is 11.7 Å². The molecule has 0 radical (unpaired) electrons. The fourth-order valence-electron chi connectivity index (χ4n) is 1.53. The second-order valence-corrected chi connectivity index (χ2v) is 3.65. The van der Waals surface area contributed by atoms with E-state index in [2.05, 4.69) is 21.5 Å². The quantitative estimate of drug-likeness (QED) is 0.788. The molecule has 0 atom stereocenters. The average molecular weight is 199 g/mol. The van der Waals surface area contributed by atoms with E-state index >= 15 is 0 Å². The van der Waals surface area contributed by atoms with Crippen molar-refractivity contribution in [2.24, 2.45) is 0 Å². The van der Waals surface area contributed by atoms with Gasteiger partial charge in [0.15, 0.2) is 11.3 Å². The summed E-state index contributed by atoms with van der Waals surface area (Å²) < 4.78 is 1.56. The van der Waals surface area contributed by atoms with Crippen LogP contribution in [-0.2, 0) is 0 Å². The number of imidazole rings is 1. The third-order valence-electron chi connectivity index (χ3n) is 2.45. The molecule has 0 aromatic carbocycles. The number of nitriles is 1. The third-order valence-corrected chi connectivity index (χ3v) is 2.45. The van der Waals surface area contributed by atoms with Gasteiger partial charge in [0.1, 0.15) is 6.07 Å². The van der Waals surface area contributed by atoms with Gasteiger partial charge in [0, 0.05) is 6.04 Å². The van der Waals surface area contributed by atoms with Crippen LogP contribution in [0, 0.1) is 11.3 Å². The molecular formula is C10H9N5. The first-order valence-corrected chi connectivity index (χ1v) is 4.88. The lowest BCUT2D eigenvalue weighted by Crippen LogP contribution is -2.04. The molecule has 0 aliphatic heterocycles. The number of fused-ring (bicyclic) bond motifs is 1. The van der Waals surface area contributed by atoms with E-state index in [1.165, 1.54) is 12.8 Å². The molecule has 74 valence electrons. The van der Waals surface area contributed by atoms with Gasteiger partial charge in [-0.25, -0.2) is 9.50 Å². The fourth-order valence-corrected chi connectivity index (χ4v) is 1.53. The SMILES string of the molecule is N#Cc1cnc2c(NC3CC3)ccnn12. The van der Waals surface area contributed by atoms with Crippen molar-refractivity contribution < 1.29 is 0 Å². The van der Waals surface area contributed by atoms with E-state index < -0.39 is 0 Å². The molecule has 1 saturated carbocycles. The number of aromatic nitrogens is 3. The summed E-state index contributed by atoms with van der Waals surface area (Å²) in [5.74, 6) is 0. The Balaban J connectivity index is 2.13. The van der Waals surface area contributed by atoms with Crippen molar-refractivity contribution in [1.29, 1.82) is 5.26 Å². The van der Waals surface area contributed by atoms with Crippen LogP contribution in [0.1, 0.15) is 18.5 Å². The summed E-state index contributed by atoms with van der Waals surface area (Å²) in [5, 5.41) is 16.3. The highest BCUT2D eigenvalue weighted by Crippen LogP contribution is 2.26. The molecule has 0 amide bonds. The molecule has 0 unspecified atom stereocenters. The number of nitrogens with one attached hydrogen (secondary N) is 1. The lowest BCUT2D eigenvalue weighted by molar-refractivity contribution is 0.918. The number of nitrogens with zero attached hydrogens (tertiary/aromatic N) is 4. The van der Waals surface area contributed by atoms with Crippen LogP contribution in [0.5, 0.6) is 0 Å². The molecule has 1 aliphatic carbocycles. The van der Waals surface area contributed by atoms with Crippen LogP contribution in [0.3, 0.4) is 0 Å². The molecule has 5 nitrogen and oxygen atoms in total. The molecular weight excluding hydrogens is 190 g/mol. The Bertz CT molecular complexity index is 546. The molecule has 1 N–H and O–H groups in total. The molecule has 0 spiro atoms. The molecule has 1 fully saturated rings. The van der Waals surface area contributed by atoms with Gasteiger partial charge in [0.05, 0.1) is 18.1 Å². The Morgan fingerprint density at radius 2 is 2.40 bits per heavy atom. The van der Waals surface area contributed by atoms with Crippen molar-refractivity contribution in [3.63, 3.8) is 0 Å². The average Bonchev–Trinajstić information content (AvgIpc) is 2.97. The molecule has 1 aliphatic rings. The summed E-state index contributed by atoms with van der Waals surface area (Å²) >= 11 is 0. The zero-order valence-corrected chi connectivity index (χ0v) is 8.01. The number of hydrogen-bond donors (Lipinski definition) is 1. The molecule has 0 bridgehead atoms. The Morgan fingerprint density at radius 3 is 3.13 bits per heavy atom. The van der Waals surface area contributed by atoms with E-state index in [1.807, 2.05) is 6.07 Å². The van der Waals surface area contributed by atoms with E-state index in [-0.39, 0.29) is 0 Å². The lowest BCUT2D eigenvalue weighted by atomic mass is 10.4. The Hall–Kier alpha value is -2.09. The van der Waals surface area contributed by atoms with Gasteiger partial charge in [-0.05, 0) is 18.9 Å². The summed E-state index contributed by atoms with van der Waals surface area (Å²) in [6, 6.07) is 4.51. The van der Waals surface area contributed by atoms with Crippen LogP contribution < -0.4 is 5.32 Å². The standard InChI is InChI=1S/C10H9N5/c11-5-8-6-12-10-9(14-7-1-2-7)3-4-13-15(8)10/h3-4,6-7,14H,1-2H2. The van der Waals surface area contributed by atoms with Gasteiger partial charge in [0.25, 0.3) is 0 Å². The van der Waals surface area contributed by atoms with Crippen LogP contribution in [0.15, 0.2) is 18.5 Å². The topological polar surface area (TPSA) is 66.0 Å². The molecule has 2 aromatic heterocycles. The van der Waals surface area contributed by atoms with Gasteiger partial charge in [-0.1, -0.05) is 0 Å². The van der Waals surface area contributed by atoms with E-state index in [1.54, 1.807) is 16.9 Å². The number of rotatable bonds is 2. The normalized spacial score (nSPS) is 15.1. The second-order valence-electron chi connectivity index (χ2n) is 3.65. The molecule has 0 saturated heterocycles. The van der Waals surface area contributed by atoms with Gasteiger partial charge < -0.3 is 5.32 Å². The van der Waals surface area contributed by atoms with Crippen molar-refractivity contribution in [2.45, 2.75) is 18.9 Å². The van der Waals surface area contributed by atoms with Crippen molar-refractivity contribution >= 4 is 11.3 Å². The van der Waals surface area contributed by atoms with Crippen molar-refractivity contribution in [3.05, 3.63) is 24.2 Å².